The maximum absolute atomic E-state index is 5.08. The molecular weight excluding hydrogens is 366 g/mol. The first-order valence-electron chi connectivity index (χ1n) is 10.2. The molecule has 5 aromatic rings. The summed E-state index contributed by atoms with van der Waals surface area (Å²) < 4.78 is 0. The van der Waals surface area contributed by atoms with E-state index in [1.807, 2.05) is 12.1 Å². The minimum absolute atomic E-state index is 0.911. The van der Waals surface area contributed by atoms with Crippen molar-refractivity contribution in [2.75, 3.05) is 4.90 Å². The molecule has 0 aliphatic rings. The number of imidazole rings is 1. The lowest BCUT2D eigenvalue weighted by atomic mass is 10.0. The molecule has 0 atom stereocenters. The van der Waals surface area contributed by atoms with Crippen molar-refractivity contribution in [1.29, 1.82) is 0 Å². The average Bonchev–Trinajstić information content (AvgIpc) is 3.20. The van der Waals surface area contributed by atoms with Gasteiger partial charge >= 0.3 is 0 Å². The van der Waals surface area contributed by atoms with Crippen LogP contribution in [-0.4, -0.2) is 9.97 Å². The van der Waals surface area contributed by atoms with Crippen LogP contribution in [0.4, 0.5) is 17.1 Å². The van der Waals surface area contributed by atoms with Gasteiger partial charge in [0.15, 0.2) is 0 Å². The van der Waals surface area contributed by atoms with E-state index < -0.39 is 0 Å². The van der Waals surface area contributed by atoms with Crippen LogP contribution in [0.3, 0.4) is 0 Å². The second kappa shape index (κ2) is 7.53. The van der Waals surface area contributed by atoms with E-state index in [4.69, 9.17) is 4.98 Å². The van der Waals surface area contributed by atoms with Gasteiger partial charge in [0.25, 0.3) is 0 Å². The quantitative estimate of drug-likeness (QED) is 0.349. The highest BCUT2D eigenvalue weighted by Crippen LogP contribution is 2.39. The summed E-state index contributed by atoms with van der Waals surface area (Å²) in [6.45, 7) is 4.27. The summed E-state index contributed by atoms with van der Waals surface area (Å²) in [5.41, 5.74) is 8.87. The number of aromatic amines is 1. The molecule has 3 nitrogen and oxygen atoms in total. The molecule has 0 amide bonds. The maximum Gasteiger partial charge on any atom is 0.139 e. The first kappa shape index (κ1) is 18.2. The normalized spacial score (nSPS) is 11.0. The summed E-state index contributed by atoms with van der Waals surface area (Å²) >= 11 is 0. The summed E-state index contributed by atoms with van der Waals surface area (Å²) in [5.74, 6) is 0.911. The minimum Gasteiger partial charge on any atom is -0.338 e. The zero-order chi connectivity index (χ0) is 20.5. The van der Waals surface area contributed by atoms with Gasteiger partial charge in [-0.15, -0.1) is 0 Å². The van der Waals surface area contributed by atoms with Gasteiger partial charge in [0, 0.05) is 16.9 Å². The summed E-state index contributed by atoms with van der Waals surface area (Å²) in [5, 5.41) is 0. The van der Waals surface area contributed by atoms with Crippen LogP contribution in [0, 0.1) is 13.8 Å². The van der Waals surface area contributed by atoms with Crippen LogP contribution in [-0.2, 0) is 0 Å². The van der Waals surface area contributed by atoms with Crippen molar-refractivity contribution < 1.29 is 0 Å². The first-order chi connectivity index (χ1) is 14.7. The van der Waals surface area contributed by atoms with Gasteiger partial charge in [0.2, 0.25) is 0 Å². The molecule has 0 bridgehead atoms. The van der Waals surface area contributed by atoms with E-state index in [1.165, 1.54) is 16.7 Å². The van der Waals surface area contributed by atoms with Gasteiger partial charge in [-0.2, -0.15) is 0 Å². The molecule has 0 saturated carbocycles. The average molecular weight is 390 g/mol. The third-order valence-electron chi connectivity index (χ3n) is 5.48. The molecule has 0 unspecified atom stereocenters. The van der Waals surface area contributed by atoms with Gasteiger partial charge in [0.1, 0.15) is 11.3 Å². The Bertz CT molecular complexity index is 1240. The summed E-state index contributed by atoms with van der Waals surface area (Å²) in [7, 11) is 0. The van der Waals surface area contributed by atoms with Gasteiger partial charge in [-0.05, 0) is 61.4 Å². The van der Waals surface area contributed by atoms with Crippen molar-refractivity contribution in [3.05, 3.63) is 108 Å². The van der Waals surface area contributed by atoms with Crippen molar-refractivity contribution in [3.63, 3.8) is 0 Å². The Morgan fingerprint density at radius 2 is 1.20 bits per heavy atom. The summed E-state index contributed by atoms with van der Waals surface area (Å²) in [4.78, 5) is 10.9. The highest BCUT2D eigenvalue weighted by atomic mass is 15.2. The second-order valence-electron chi connectivity index (χ2n) is 7.53. The van der Waals surface area contributed by atoms with Crippen molar-refractivity contribution >= 4 is 28.1 Å². The first-order valence-corrected chi connectivity index (χ1v) is 10.2. The molecule has 30 heavy (non-hydrogen) atoms. The number of hydrogen-bond donors (Lipinski definition) is 1. The Morgan fingerprint density at radius 1 is 0.633 bits per heavy atom. The Balaban J connectivity index is 1.74. The van der Waals surface area contributed by atoms with Crippen molar-refractivity contribution in [2.45, 2.75) is 13.8 Å². The van der Waals surface area contributed by atoms with E-state index in [0.717, 1.165) is 33.9 Å². The van der Waals surface area contributed by atoms with E-state index in [1.54, 1.807) is 0 Å². The van der Waals surface area contributed by atoms with E-state index in [2.05, 4.69) is 109 Å². The molecule has 0 aliphatic heterocycles. The lowest BCUT2D eigenvalue weighted by Crippen LogP contribution is -2.10. The number of anilines is 3. The van der Waals surface area contributed by atoms with Crippen LogP contribution >= 0.6 is 0 Å². The number of para-hydroxylation sites is 3. The van der Waals surface area contributed by atoms with Crippen molar-refractivity contribution in [1.82, 2.24) is 9.97 Å². The highest BCUT2D eigenvalue weighted by molar-refractivity contribution is 5.96. The molecule has 3 heteroatoms. The van der Waals surface area contributed by atoms with Gasteiger partial charge < -0.3 is 9.88 Å². The molecule has 0 fully saturated rings. The number of nitrogens with zero attached hydrogens (tertiary/aromatic N) is 2. The van der Waals surface area contributed by atoms with E-state index in [0.29, 0.717) is 0 Å². The monoisotopic (exact) mass is 389 g/mol. The standard InChI is InChI=1S/C27H23N3/c1-19-11-9-12-20(2)25(19)27-28-23-17-10-18-24(26(23)29-27)30(21-13-5-3-6-14-21)22-15-7-4-8-16-22/h3-18H,1-2H3,(H,28,29). The minimum atomic E-state index is 0.911. The second-order valence-corrected chi connectivity index (χ2v) is 7.53. The molecule has 1 aromatic heterocycles. The third-order valence-corrected chi connectivity index (χ3v) is 5.48. The molecule has 146 valence electrons. The van der Waals surface area contributed by atoms with Crippen molar-refractivity contribution in [2.24, 2.45) is 0 Å². The number of benzene rings is 4. The zero-order valence-electron chi connectivity index (χ0n) is 17.1. The van der Waals surface area contributed by atoms with Crippen LogP contribution < -0.4 is 4.90 Å². The van der Waals surface area contributed by atoms with Crippen LogP contribution in [0.15, 0.2) is 97.1 Å². The summed E-state index contributed by atoms with van der Waals surface area (Å²) in [6, 6.07) is 33.6. The molecule has 0 spiro atoms. The molecule has 1 N–H and O–H groups in total. The fraction of sp³-hybridized carbons (Fsp3) is 0.0741. The Labute approximate surface area is 176 Å². The van der Waals surface area contributed by atoms with Crippen LogP contribution in [0.2, 0.25) is 0 Å². The van der Waals surface area contributed by atoms with Gasteiger partial charge in [-0.3, -0.25) is 0 Å². The molecule has 0 radical (unpaired) electrons. The van der Waals surface area contributed by atoms with Crippen LogP contribution in [0.5, 0.6) is 0 Å². The lowest BCUT2D eigenvalue weighted by molar-refractivity contribution is 1.26. The number of hydrogen-bond acceptors (Lipinski definition) is 2. The molecule has 4 aromatic carbocycles. The van der Waals surface area contributed by atoms with E-state index in [9.17, 15) is 0 Å². The Morgan fingerprint density at radius 3 is 1.80 bits per heavy atom. The van der Waals surface area contributed by atoms with Crippen LogP contribution in [0.25, 0.3) is 22.4 Å². The highest BCUT2D eigenvalue weighted by Gasteiger charge is 2.18. The Kier molecular flexibility index (Phi) is 4.56. The number of aryl methyl sites for hydroxylation is 2. The molecule has 5 rings (SSSR count). The number of nitrogens with one attached hydrogen (secondary N) is 1. The largest absolute Gasteiger partial charge is 0.338 e. The molecular formula is C27H23N3. The van der Waals surface area contributed by atoms with Gasteiger partial charge in [-0.25, -0.2) is 4.98 Å². The topological polar surface area (TPSA) is 31.9 Å². The SMILES string of the molecule is Cc1cccc(C)c1-c1nc2c(N(c3ccccc3)c3ccccc3)cccc2[nH]1. The predicted molar refractivity (Wildman–Crippen MR) is 126 cm³/mol. The van der Waals surface area contributed by atoms with Gasteiger partial charge in [-0.1, -0.05) is 60.7 Å². The molecule has 0 saturated heterocycles. The van der Waals surface area contributed by atoms with E-state index >= 15 is 0 Å². The maximum atomic E-state index is 5.08. The van der Waals surface area contributed by atoms with E-state index in [-0.39, 0.29) is 0 Å². The molecule has 0 aliphatic carbocycles. The summed E-state index contributed by atoms with van der Waals surface area (Å²) in [6.07, 6.45) is 0. The fourth-order valence-electron chi connectivity index (χ4n) is 4.09. The number of H-pyrrole nitrogens is 1. The lowest BCUT2D eigenvalue weighted by Gasteiger charge is -2.25. The fourth-order valence-corrected chi connectivity index (χ4v) is 4.09. The zero-order valence-corrected chi connectivity index (χ0v) is 17.1. The van der Waals surface area contributed by atoms with Crippen molar-refractivity contribution in [3.8, 4) is 11.4 Å². The third kappa shape index (κ3) is 3.15. The molecule has 1 heterocycles. The Hall–Kier alpha value is -3.85. The smallest absolute Gasteiger partial charge is 0.139 e. The van der Waals surface area contributed by atoms with Gasteiger partial charge in [0.05, 0.1) is 11.2 Å². The number of fused-ring (bicyclic) bond motifs is 1. The number of aromatic nitrogens is 2. The predicted octanol–water partition coefficient (Wildman–Crippen LogP) is 7.32. The van der Waals surface area contributed by atoms with Crippen LogP contribution in [0.1, 0.15) is 11.1 Å². The number of rotatable bonds is 4.